The molecular formula is C10H14N2O4S2. The molecule has 0 amide bonds. The van der Waals surface area contributed by atoms with E-state index in [1.165, 1.54) is 24.3 Å². The standard InChI is InChI=1S/C10H14N2O4S2/c1-17(13,14)11-8-4-6-10(7-5-8)18(15,16)12-9-2-3-9/h4-7,9,11-12H,2-3H2,1H3. The second-order valence-electron chi connectivity index (χ2n) is 4.29. The van der Waals surface area contributed by atoms with Crippen molar-refractivity contribution in [1.82, 2.24) is 4.72 Å². The lowest BCUT2D eigenvalue weighted by atomic mass is 10.3. The minimum atomic E-state index is -3.48. The van der Waals surface area contributed by atoms with Gasteiger partial charge >= 0.3 is 0 Å². The Labute approximate surface area is 107 Å². The van der Waals surface area contributed by atoms with E-state index in [0.29, 0.717) is 5.69 Å². The maximum absolute atomic E-state index is 11.8. The molecule has 2 N–H and O–H groups in total. The molecule has 0 bridgehead atoms. The van der Waals surface area contributed by atoms with Crippen molar-refractivity contribution >= 4 is 25.7 Å². The topological polar surface area (TPSA) is 92.3 Å². The van der Waals surface area contributed by atoms with Gasteiger partial charge in [0.15, 0.2) is 0 Å². The van der Waals surface area contributed by atoms with Crippen molar-refractivity contribution in [2.24, 2.45) is 0 Å². The van der Waals surface area contributed by atoms with Crippen LogP contribution in [0.2, 0.25) is 0 Å². The summed E-state index contributed by atoms with van der Waals surface area (Å²) in [7, 11) is -6.83. The predicted octanol–water partition coefficient (Wildman–Crippen LogP) is 0.499. The van der Waals surface area contributed by atoms with Crippen LogP contribution in [0.5, 0.6) is 0 Å². The van der Waals surface area contributed by atoms with Crippen molar-refractivity contribution in [3.05, 3.63) is 24.3 Å². The molecule has 1 aliphatic rings. The smallest absolute Gasteiger partial charge is 0.240 e. The van der Waals surface area contributed by atoms with Crippen LogP contribution in [-0.4, -0.2) is 29.1 Å². The predicted molar refractivity (Wildman–Crippen MR) is 68.3 cm³/mol. The Morgan fingerprint density at radius 2 is 1.61 bits per heavy atom. The van der Waals surface area contributed by atoms with Crippen LogP contribution in [0.4, 0.5) is 5.69 Å². The summed E-state index contributed by atoms with van der Waals surface area (Å²) in [4.78, 5) is 0.133. The van der Waals surface area contributed by atoms with Gasteiger partial charge in [-0.1, -0.05) is 0 Å². The molecule has 0 atom stereocenters. The lowest BCUT2D eigenvalue weighted by Gasteiger charge is -2.07. The molecular weight excluding hydrogens is 276 g/mol. The van der Waals surface area contributed by atoms with Crippen LogP contribution in [0.15, 0.2) is 29.2 Å². The fourth-order valence-corrected chi connectivity index (χ4v) is 3.27. The van der Waals surface area contributed by atoms with Gasteiger partial charge in [-0.15, -0.1) is 0 Å². The third kappa shape index (κ3) is 3.69. The first-order chi connectivity index (χ1) is 8.26. The molecule has 0 heterocycles. The Balaban J connectivity index is 2.16. The number of benzene rings is 1. The van der Waals surface area contributed by atoms with Crippen molar-refractivity contribution in [2.75, 3.05) is 11.0 Å². The average Bonchev–Trinajstić information content (AvgIpc) is 2.99. The third-order valence-corrected chi connectivity index (χ3v) is 4.51. The van der Waals surface area contributed by atoms with E-state index in [2.05, 4.69) is 9.44 Å². The number of rotatable bonds is 5. The fourth-order valence-electron chi connectivity index (χ4n) is 1.40. The molecule has 1 fully saturated rings. The highest BCUT2D eigenvalue weighted by molar-refractivity contribution is 7.92. The van der Waals surface area contributed by atoms with Gasteiger partial charge < -0.3 is 0 Å². The summed E-state index contributed by atoms with van der Waals surface area (Å²) < 4.78 is 50.5. The van der Waals surface area contributed by atoms with E-state index in [1.807, 2.05) is 0 Å². The molecule has 1 aromatic carbocycles. The van der Waals surface area contributed by atoms with Crippen LogP contribution in [0.3, 0.4) is 0 Å². The van der Waals surface area contributed by atoms with Crippen molar-refractivity contribution in [1.29, 1.82) is 0 Å². The summed E-state index contributed by atoms with van der Waals surface area (Å²) in [6.45, 7) is 0. The molecule has 18 heavy (non-hydrogen) atoms. The Morgan fingerprint density at radius 3 is 2.06 bits per heavy atom. The first-order valence-electron chi connectivity index (χ1n) is 5.36. The molecule has 0 aromatic heterocycles. The molecule has 6 nitrogen and oxygen atoms in total. The highest BCUT2D eigenvalue weighted by Gasteiger charge is 2.27. The van der Waals surface area contributed by atoms with Crippen LogP contribution in [0, 0.1) is 0 Å². The number of nitrogens with one attached hydrogen (secondary N) is 2. The molecule has 0 radical (unpaired) electrons. The lowest BCUT2D eigenvalue weighted by Crippen LogP contribution is -2.25. The molecule has 0 aliphatic heterocycles. The lowest BCUT2D eigenvalue weighted by molar-refractivity contribution is 0.581. The summed E-state index contributed by atoms with van der Waals surface area (Å²) in [6, 6.07) is 5.63. The highest BCUT2D eigenvalue weighted by Crippen LogP contribution is 2.22. The summed E-state index contributed by atoms with van der Waals surface area (Å²) in [5, 5.41) is 0. The van der Waals surface area contributed by atoms with Crippen LogP contribution in [0.1, 0.15) is 12.8 Å². The van der Waals surface area contributed by atoms with E-state index < -0.39 is 20.0 Å². The average molecular weight is 290 g/mol. The number of hydrogen-bond acceptors (Lipinski definition) is 4. The summed E-state index contributed by atoms with van der Waals surface area (Å²) >= 11 is 0. The zero-order chi connectivity index (χ0) is 13.4. The zero-order valence-electron chi connectivity index (χ0n) is 9.75. The Bertz CT molecular complexity index is 631. The van der Waals surface area contributed by atoms with Gasteiger partial charge in [-0.05, 0) is 37.1 Å². The van der Waals surface area contributed by atoms with Gasteiger partial charge in [-0.2, -0.15) is 0 Å². The van der Waals surface area contributed by atoms with E-state index in [9.17, 15) is 16.8 Å². The SMILES string of the molecule is CS(=O)(=O)Nc1ccc(S(=O)(=O)NC2CC2)cc1. The number of sulfonamides is 2. The Hall–Kier alpha value is -1.12. The van der Waals surface area contributed by atoms with E-state index in [0.717, 1.165) is 19.1 Å². The van der Waals surface area contributed by atoms with E-state index in [1.54, 1.807) is 0 Å². The van der Waals surface area contributed by atoms with Crippen LogP contribution in [0.25, 0.3) is 0 Å². The summed E-state index contributed by atoms with van der Waals surface area (Å²) in [5.74, 6) is 0. The first kappa shape index (κ1) is 13.3. The van der Waals surface area contributed by atoms with Gasteiger partial charge in [0.2, 0.25) is 20.0 Å². The van der Waals surface area contributed by atoms with Gasteiger partial charge in [0, 0.05) is 11.7 Å². The van der Waals surface area contributed by atoms with Gasteiger partial charge in [0.1, 0.15) is 0 Å². The molecule has 2 rings (SSSR count). The van der Waals surface area contributed by atoms with Gasteiger partial charge in [0.25, 0.3) is 0 Å². The van der Waals surface area contributed by atoms with Crippen LogP contribution < -0.4 is 9.44 Å². The number of hydrogen-bond donors (Lipinski definition) is 2. The maximum Gasteiger partial charge on any atom is 0.240 e. The van der Waals surface area contributed by atoms with E-state index >= 15 is 0 Å². The number of anilines is 1. The van der Waals surface area contributed by atoms with E-state index in [4.69, 9.17) is 0 Å². The second-order valence-corrected chi connectivity index (χ2v) is 7.76. The fraction of sp³-hybridized carbons (Fsp3) is 0.400. The first-order valence-corrected chi connectivity index (χ1v) is 8.74. The summed E-state index contributed by atoms with van der Waals surface area (Å²) in [5.41, 5.74) is 0.336. The molecule has 1 saturated carbocycles. The van der Waals surface area contributed by atoms with Crippen LogP contribution >= 0.6 is 0 Å². The minimum absolute atomic E-state index is 0.0452. The maximum atomic E-state index is 11.8. The Kier molecular flexibility index (Phi) is 3.35. The molecule has 0 unspecified atom stereocenters. The Morgan fingerprint density at radius 1 is 1.06 bits per heavy atom. The normalized spacial score (nSPS) is 16.5. The molecule has 100 valence electrons. The largest absolute Gasteiger partial charge is 0.284 e. The van der Waals surface area contributed by atoms with E-state index in [-0.39, 0.29) is 10.9 Å². The van der Waals surface area contributed by atoms with Gasteiger partial charge in [0.05, 0.1) is 11.2 Å². The van der Waals surface area contributed by atoms with Crippen molar-refractivity contribution in [3.8, 4) is 0 Å². The van der Waals surface area contributed by atoms with Crippen molar-refractivity contribution in [3.63, 3.8) is 0 Å². The minimum Gasteiger partial charge on any atom is -0.284 e. The van der Waals surface area contributed by atoms with Gasteiger partial charge in [-0.25, -0.2) is 21.6 Å². The van der Waals surface area contributed by atoms with Crippen molar-refractivity contribution < 1.29 is 16.8 Å². The molecule has 0 saturated heterocycles. The van der Waals surface area contributed by atoms with Crippen molar-refractivity contribution in [2.45, 2.75) is 23.8 Å². The second kappa shape index (κ2) is 4.52. The third-order valence-electron chi connectivity index (χ3n) is 2.37. The van der Waals surface area contributed by atoms with Crippen LogP contribution in [-0.2, 0) is 20.0 Å². The monoisotopic (exact) mass is 290 g/mol. The molecule has 0 spiro atoms. The highest BCUT2D eigenvalue weighted by atomic mass is 32.2. The van der Waals surface area contributed by atoms with Gasteiger partial charge in [-0.3, -0.25) is 4.72 Å². The molecule has 1 aromatic rings. The summed E-state index contributed by atoms with van der Waals surface area (Å²) in [6.07, 6.45) is 2.77. The molecule has 1 aliphatic carbocycles. The quantitative estimate of drug-likeness (QED) is 0.826. The molecule has 8 heteroatoms. The zero-order valence-corrected chi connectivity index (χ0v) is 11.4.